The maximum Gasteiger partial charge on any atom is 0.127 e. The summed E-state index contributed by atoms with van der Waals surface area (Å²) in [6, 6.07) is 0. The van der Waals surface area contributed by atoms with Crippen LogP contribution in [0.4, 0.5) is 0 Å². The summed E-state index contributed by atoms with van der Waals surface area (Å²) in [5.41, 5.74) is 5.33. The van der Waals surface area contributed by atoms with E-state index in [1.165, 1.54) is 22.3 Å². The molecule has 0 N–H and O–H groups in total. The highest BCUT2D eigenvalue weighted by Gasteiger charge is 2.36. The summed E-state index contributed by atoms with van der Waals surface area (Å²) in [7, 11) is 0. The maximum atomic E-state index is 6.06. The zero-order chi connectivity index (χ0) is 14.6. The topological polar surface area (TPSA) is 18.5 Å². The second-order valence-corrected chi connectivity index (χ2v) is 7.29. The van der Waals surface area contributed by atoms with Gasteiger partial charge in [-0.05, 0) is 65.9 Å². The Hall–Kier alpha value is -0.480. The van der Waals surface area contributed by atoms with Gasteiger partial charge < -0.3 is 9.47 Å². The summed E-state index contributed by atoms with van der Waals surface area (Å²) >= 11 is 7.29. The quantitative estimate of drug-likeness (QED) is 0.536. The Morgan fingerprint density at radius 2 is 1.75 bits per heavy atom. The molecule has 0 aromatic heterocycles. The Bertz CT molecular complexity index is 608. The highest BCUT2D eigenvalue weighted by atomic mass is 79.9. The van der Waals surface area contributed by atoms with E-state index in [-0.39, 0.29) is 12.2 Å². The molecule has 0 saturated carbocycles. The van der Waals surface area contributed by atoms with Crippen LogP contribution in [0.3, 0.4) is 0 Å². The Balaban J connectivity index is 2.04. The lowest BCUT2D eigenvalue weighted by atomic mass is 9.82. The first-order valence-electron chi connectivity index (χ1n) is 6.88. The molecule has 0 radical (unpaired) electrons. The van der Waals surface area contributed by atoms with Crippen LogP contribution in [0.2, 0.25) is 0 Å². The van der Waals surface area contributed by atoms with E-state index in [2.05, 4.69) is 52.6 Å². The SMILES string of the molecule is CC1=C(Br)C(C)=C2CC3=C(CC2O1)OC(C)C(Br)=C3C. The van der Waals surface area contributed by atoms with Gasteiger partial charge in [0.15, 0.2) is 0 Å². The van der Waals surface area contributed by atoms with Crippen molar-refractivity contribution in [3.63, 3.8) is 0 Å². The molecule has 2 aliphatic heterocycles. The highest BCUT2D eigenvalue weighted by Crippen LogP contribution is 2.46. The monoisotopic (exact) mass is 400 g/mol. The van der Waals surface area contributed by atoms with Gasteiger partial charge in [-0.3, -0.25) is 0 Å². The molecule has 4 heteroatoms. The third-order valence-electron chi connectivity index (χ3n) is 4.39. The highest BCUT2D eigenvalue weighted by molar-refractivity contribution is 9.12. The van der Waals surface area contributed by atoms with Crippen LogP contribution in [0, 0.1) is 0 Å². The summed E-state index contributed by atoms with van der Waals surface area (Å²) < 4.78 is 14.4. The third kappa shape index (κ3) is 2.12. The van der Waals surface area contributed by atoms with Crippen molar-refractivity contribution >= 4 is 31.9 Å². The van der Waals surface area contributed by atoms with Gasteiger partial charge >= 0.3 is 0 Å². The van der Waals surface area contributed by atoms with E-state index in [1.807, 2.05) is 6.92 Å². The molecule has 3 aliphatic rings. The molecular weight excluding hydrogens is 384 g/mol. The molecule has 0 aromatic rings. The molecule has 2 atom stereocenters. The van der Waals surface area contributed by atoms with Crippen LogP contribution in [0.5, 0.6) is 0 Å². The lowest BCUT2D eigenvalue weighted by molar-refractivity contribution is 0.0860. The molecule has 0 aromatic carbocycles. The van der Waals surface area contributed by atoms with Gasteiger partial charge in [-0.1, -0.05) is 15.9 Å². The van der Waals surface area contributed by atoms with Crippen LogP contribution in [0.1, 0.15) is 40.5 Å². The molecular formula is C16H18Br2O2. The predicted octanol–water partition coefficient (Wildman–Crippen LogP) is 5.46. The van der Waals surface area contributed by atoms with Gasteiger partial charge in [-0.2, -0.15) is 0 Å². The van der Waals surface area contributed by atoms with E-state index < -0.39 is 0 Å². The standard InChI is InChI=1S/C16H18Br2O2/c1-7-11-5-12-8(2)16(18)10(4)20-14(12)6-13(11)19-9(3)15(7)17/h9,14H,5-6H2,1-4H3. The molecule has 3 rings (SSSR count). The van der Waals surface area contributed by atoms with E-state index in [1.54, 1.807) is 0 Å². The first kappa shape index (κ1) is 14.5. The number of hydrogen-bond acceptors (Lipinski definition) is 2. The average Bonchev–Trinajstić information content (AvgIpc) is 2.41. The minimum Gasteiger partial charge on any atom is -0.489 e. The van der Waals surface area contributed by atoms with Crippen molar-refractivity contribution in [1.82, 2.24) is 0 Å². The molecule has 1 aliphatic carbocycles. The van der Waals surface area contributed by atoms with Crippen molar-refractivity contribution in [3.8, 4) is 0 Å². The lowest BCUT2D eigenvalue weighted by Crippen LogP contribution is -2.30. The van der Waals surface area contributed by atoms with E-state index in [4.69, 9.17) is 9.47 Å². The number of halogens is 2. The van der Waals surface area contributed by atoms with Crippen LogP contribution < -0.4 is 0 Å². The van der Waals surface area contributed by atoms with Crippen LogP contribution in [-0.2, 0) is 9.47 Å². The van der Waals surface area contributed by atoms with E-state index in [0.29, 0.717) is 0 Å². The number of ether oxygens (including phenoxy) is 2. The molecule has 2 nitrogen and oxygen atoms in total. The van der Waals surface area contributed by atoms with Crippen LogP contribution in [0.25, 0.3) is 0 Å². The summed E-state index contributed by atoms with van der Waals surface area (Å²) in [5, 5.41) is 0. The van der Waals surface area contributed by atoms with Crippen molar-refractivity contribution in [2.75, 3.05) is 0 Å². The van der Waals surface area contributed by atoms with Crippen LogP contribution >= 0.6 is 31.9 Å². The fourth-order valence-electron chi connectivity index (χ4n) is 3.15. The zero-order valence-electron chi connectivity index (χ0n) is 12.1. The molecule has 0 bridgehead atoms. The Labute approximate surface area is 136 Å². The molecule has 2 unspecified atom stereocenters. The molecule has 0 saturated heterocycles. The predicted molar refractivity (Wildman–Crippen MR) is 87.6 cm³/mol. The minimum absolute atomic E-state index is 0.104. The summed E-state index contributed by atoms with van der Waals surface area (Å²) in [6.45, 7) is 8.44. The van der Waals surface area contributed by atoms with E-state index in [9.17, 15) is 0 Å². The lowest BCUT2D eigenvalue weighted by Gasteiger charge is -2.38. The van der Waals surface area contributed by atoms with Crippen molar-refractivity contribution in [1.29, 1.82) is 0 Å². The fraction of sp³-hybridized carbons (Fsp3) is 0.500. The Morgan fingerprint density at radius 3 is 2.45 bits per heavy atom. The van der Waals surface area contributed by atoms with Gasteiger partial charge in [0.1, 0.15) is 23.7 Å². The number of rotatable bonds is 0. The van der Waals surface area contributed by atoms with Gasteiger partial charge in [0.25, 0.3) is 0 Å². The first-order valence-corrected chi connectivity index (χ1v) is 8.47. The smallest absolute Gasteiger partial charge is 0.127 e. The molecule has 0 fully saturated rings. The molecule has 20 heavy (non-hydrogen) atoms. The molecule has 108 valence electrons. The summed E-state index contributed by atoms with van der Waals surface area (Å²) in [4.78, 5) is 0. The van der Waals surface area contributed by atoms with Crippen molar-refractivity contribution in [2.24, 2.45) is 0 Å². The van der Waals surface area contributed by atoms with Crippen molar-refractivity contribution in [2.45, 2.75) is 52.7 Å². The average molecular weight is 402 g/mol. The zero-order valence-corrected chi connectivity index (χ0v) is 15.3. The van der Waals surface area contributed by atoms with Crippen molar-refractivity contribution < 1.29 is 9.47 Å². The van der Waals surface area contributed by atoms with E-state index >= 15 is 0 Å². The Morgan fingerprint density at radius 1 is 1.05 bits per heavy atom. The number of allylic oxidation sites excluding steroid dienone is 5. The summed E-state index contributed by atoms with van der Waals surface area (Å²) in [6.07, 6.45) is 1.99. The molecule has 0 amide bonds. The van der Waals surface area contributed by atoms with Gasteiger partial charge in [-0.25, -0.2) is 0 Å². The van der Waals surface area contributed by atoms with Gasteiger partial charge in [0, 0.05) is 17.3 Å². The normalized spacial score (nSPS) is 30.1. The molecule has 0 spiro atoms. The van der Waals surface area contributed by atoms with Gasteiger partial charge in [-0.15, -0.1) is 0 Å². The van der Waals surface area contributed by atoms with Crippen LogP contribution in [-0.4, -0.2) is 12.2 Å². The maximum absolute atomic E-state index is 6.06. The second-order valence-electron chi connectivity index (χ2n) is 5.64. The second kappa shape index (κ2) is 5.06. The number of fused-ring (bicyclic) bond motifs is 1. The van der Waals surface area contributed by atoms with Gasteiger partial charge in [0.05, 0.1) is 4.48 Å². The van der Waals surface area contributed by atoms with Crippen molar-refractivity contribution in [3.05, 3.63) is 42.8 Å². The van der Waals surface area contributed by atoms with Gasteiger partial charge in [0.2, 0.25) is 0 Å². The first-order chi connectivity index (χ1) is 9.40. The largest absolute Gasteiger partial charge is 0.489 e. The van der Waals surface area contributed by atoms with Crippen LogP contribution in [0.15, 0.2) is 42.8 Å². The fourth-order valence-corrected chi connectivity index (χ4v) is 3.83. The third-order valence-corrected chi connectivity index (χ3v) is 6.78. The minimum atomic E-state index is 0.104. The van der Waals surface area contributed by atoms with E-state index in [0.717, 1.165) is 33.3 Å². The number of hydrogen-bond donors (Lipinski definition) is 0. The molecule has 2 heterocycles. The Kier molecular flexibility index (Phi) is 3.66. The summed E-state index contributed by atoms with van der Waals surface area (Å²) in [5.74, 6) is 2.07.